The number of allylic oxidation sites excluding steroid dienone is 4. The van der Waals surface area contributed by atoms with Crippen molar-refractivity contribution >= 4 is 17.7 Å². The van der Waals surface area contributed by atoms with E-state index in [0.29, 0.717) is 6.61 Å². The van der Waals surface area contributed by atoms with Gasteiger partial charge in [-0.25, -0.2) is 4.79 Å². The number of ether oxygens (including phenoxy) is 1. The van der Waals surface area contributed by atoms with E-state index in [2.05, 4.69) is 0 Å². The van der Waals surface area contributed by atoms with E-state index in [1.54, 1.807) is 11.8 Å². The number of esters is 1. The van der Waals surface area contributed by atoms with Crippen molar-refractivity contribution in [3.05, 3.63) is 34.3 Å². The molecule has 1 aliphatic carbocycles. The lowest BCUT2D eigenvalue weighted by Crippen LogP contribution is -2.08. The standard InChI is InChI=1S/C10H10O2S/c1-2-12-10(11)8-6-13-9-5-3-4-7(8)9/h3-5H,2,6H2,1H3. The minimum absolute atomic E-state index is 0.167. The van der Waals surface area contributed by atoms with Crippen molar-refractivity contribution in [2.45, 2.75) is 6.92 Å². The van der Waals surface area contributed by atoms with Gasteiger partial charge >= 0.3 is 5.97 Å². The third kappa shape index (κ3) is 1.44. The molecule has 13 heavy (non-hydrogen) atoms. The van der Waals surface area contributed by atoms with Crippen molar-refractivity contribution in [1.82, 2.24) is 0 Å². The Kier molecular flexibility index (Phi) is 2.27. The zero-order chi connectivity index (χ0) is 9.26. The first-order valence-corrected chi connectivity index (χ1v) is 5.23. The molecule has 2 rings (SSSR count). The normalized spacial score (nSPS) is 19.0. The monoisotopic (exact) mass is 194 g/mol. The van der Waals surface area contributed by atoms with E-state index in [1.165, 1.54) is 4.91 Å². The molecule has 1 aliphatic heterocycles. The average Bonchev–Trinajstić information content (AvgIpc) is 2.62. The average molecular weight is 194 g/mol. The van der Waals surface area contributed by atoms with E-state index in [0.717, 1.165) is 16.9 Å². The second-order valence-corrected chi connectivity index (χ2v) is 3.81. The lowest BCUT2D eigenvalue weighted by molar-refractivity contribution is -0.138. The van der Waals surface area contributed by atoms with E-state index >= 15 is 0 Å². The van der Waals surface area contributed by atoms with E-state index in [4.69, 9.17) is 4.74 Å². The van der Waals surface area contributed by atoms with Crippen LogP contribution in [-0.2, 0) is 9.53 Å². The Balaban J connectivity index is 2.24. The molecular weight excluding hydrogens is 184 g/mol. The fourth-order valence-electron chi connectivity index (χ4n) is 1.39. The highest BCUT2D eigenvalue weighted by molar-refractivity contribution is 8.03. The van der Waals surface area contributed by atoms with Gasteiger partial charge in [0.25, 0.3) is 0 Å². The summed E-state index contributed by atoms with van der Waals surface area (Å²) in [5, 5.41) is 0. The molecule has 68 valence electrons. The summed E-state index contributed by atoms with van der Waals surface area (Å²) >= 11 is 1.70. The Hall–Kier alpha value is -0.960. The van der Waals surface area contributed by atoms with Gasteiger partial charge in [-0.15, -0.1) is 11.8 Å². The molecule has 0 atom stereocenters. The molecular formula is C10H10O2S. The quantitative estimate of drug-likeness (QED) is 0.629. The Bertz CT molecular complexity index is 337. The Morgan fingerprint density at radius 2 is 2.54 bits per heavy atom. The highest BCUT2D eigenvalue weighted by atomic mass is 32.2. The smallest absolute Gasteiger partial charge is 0.335 e. The lowest BCUT2D eigenvalue weighted by atomic mass is 10.1. The number of hydrogen-bond donors (Lipinski definition) is 0. The molecule has 0 aromatic carbocycles. The van der Waals surface area contributed by atoms with Gasteiger partial charge in [0.1, 0.15) is 0 Å². The molecule has 3 heteroatoms. The van der Waals surface area contributed by atoms with Crippen LogP contribution in [0, 0.1) is 0 Å². The maximum atomic E-state index is 11.4. The summed E-state index contributed by atoms with van der Waals surface area (Å²) in [5.41, 5.74) is 1.87. The first-order chi connectivity index (χ1) is 6.33. The van der Waals surface area contributed by atoms with Gasteiger partial charge in [0.2, 0.25) is 0 Å². The third-order valence-electron chi connectivity index (χ3n) is 1.99. The first kappa shape index (κ1) is 8.63. The van der Waals surface area contributed by atoms with Crippen molar-refractivity contribution in [2.75, 3.05) is 12.4 Å². The maximum Gasteiger partial charge on any atom is 0.335 e. The summed E-state index contributed by atoms with van der Waals surface area (Å²) in [6, 6.07) is 0. The van der Waals surface area contributed by atoms with Crippen LogP contribution in [0.1, 0.15) is 6.92 Å². The fourth-order valence-corrected chi connectivity index (χ4v) is 2.49. The number of carbonyl (C=O) groups excluding carboxylic acids is 1. The van der Waals surface area contributed by atoms with Crippen LogP contribution < -0.4 is 0 Å². The molecule has 0 saturated carbocycles. The van der Waals surface area contributed by atoms with Gasteiger partial charge in [-0.2, -0.15) is 0 Å². The molecule has 0 amide bonds. The van der Waals surface area contributed by atoms with Crippen LogP contribution in [0.4, 0.5) is 0 Å². The van der Waals surface area contributed by atoms with Crippen molar-refractivity contribution < 1.29 is 9.53 Å². The van der Waals surface area contributed by atoms with Gasteiger partial charge in [-0.05, 0) is 18.6 Å². The van der Waals surface area contributed by atoms with Crippen LogP contribution in [0.25, 0.3) is 0 Å². The van der Waals surface area contributed by atoms with Gasteiger partial charge in [-0.3, -0.25) is 0 Å². The summed E-state index contributed by atoms with van der Waals surface area (Å²) in [6.07, 6.45) is 5.98. The molecule has 0 spiro atoms. The third-order valence-corrected chi connectivity index (χ3v) is 3.09. The van der Waals surface area contributed by atoms with Crippen molar-refractivity contribution in [3.8, 4) is 0 Å². The van der Waals surface area contributed by atoms with Gasteiger partial charge in [0.15, 0.2) is 0 Å². The highest BCUT2D eigenvalue weighted by Gasteiger charge is 2.25. The molecule has 0 fully saturated rings. The van der Waals surface area contributed by atoms with Crippen LogP contribution in [0.15, 0.2) is 34.3 Å². The molecule has 0 saturated heterocycles. The SMILES string of the molecule is CCOC(=O)C1=C2C=CC=C2SC1. The summed E-state index contributed by atoms with van der Waals surface area (Å²) in [5.74, 6) is 0.588. The van der Waals surface area contributed by atoms with Gasteiger partial charge < -0.3 is 4.74 Å². The van der Waals surface area contributed by atoms with E-state index in [9.17, 15) is 4.79 Å². The second kappa shape index (κ2) is 3.42. The zero-order valence-electron chi connectivity index (χ0n) is 7.37. The van der Waals surface area contributed by atoms with E-state index in [-0.39, 0.29) is 5.97 Å². The number of carbonyl (C=O) groups is 1. The number of rotatable bonds is 2. The van der Waals surface area contributed by atoms with Gasteiger partial charge in [0, 0.05) is 10.7 Å². The van der Waals surface area contributed by atoms with Gasteiger partial charge in [-0.1, -0.05) is 12.2 Å². The summed E-state index contributed by atoms with van der Waals surface area (Å²) in [6.45, 7) is 2.27. The molecule has 1 heterocycles. The Morgan fingerprint density at radius 1 is 1.69 bits per heavy atom. The fraction of sp³-hybridized carbons (Fsp3) is 0.300. The predicted molar refractivity (Wildman–Crippen MR) is 53.3 cm³/mol. The van der Waals surface area contributed by atoms with Crippen LogP contribution in [0.5, 0.6) is 0 Å². The number of fused-ring (bicyclic) bond motifs is 1. The Morgan fingerprint density at radius 3 is 3.31 bits per heavy atom. The van der Waals surface area contributed by atoms with Crippen molar-refractivity contribution in [3.63, 3.8) is 0 Å². The van der Waals surface area contributed by atoms with E-state index < -0.39 is 0 Å². The Labute approximate surface area is 81.3 Å². The van der Waals surface area contributed by atoms with Crippen LogP contribution in [0.2, 0.25) is 0 Å². The maximum absolute atomic E-state index is 11.4. The first-order valence-electron chi connectivity index (χ1n) is 4.24. The molecule has 0 radical (unpaired) electrons. The van der Waals surface area contributed by atoms with Crippen LogP contribution in [0.3, 0.4) is 0 Å². The van der Waals surface area contributed by atoms with Gasteiger partial charge in [0.05, 0.1) is 12.2 Å². The molecule has 0 unspecified atom stereocenters. The van der Waals surface area contributed by atoms with Crippen molar-refractivity contribution in [2.24, 2.45) is 0 Å². The number of hydrogen-bond acceptors (Lipinski definition) is 3. The second-order valence-electron chi connectivity index (χ2n) is 2.79. The highest BCUT2D eigenvalue weighted by Crippen LogP contribution is 2.40. The summed E-state index contributed by atoms with van der Waals surface area (Å²) < 4.78 is 4.96. The summed E-state index contributed by atoms with van der Waals surface area (Å²) in [4.78, 5) is 12.6. The van der Waals surface area contributed by atoms with Crippen LogP contribution >= 0.6 is 11.8 Å². The summed E-state index contributed by atoms with van der Waals surface area (Å²) in [7, 11) is 0. The zero-order valence-corrected chi connectivity index (χ0v) is 8.19. The minimum atomic E-state index is -0.167. The molecule has 2 nitrogen and oxygen atoms in total. The van der Waals surface area contributed by atoms with E-state index in [1.807, 2.05) is 25.2 Å². The molecule has 2 aliphatic rings. The largest absolute Gasteiger partial charge is 0.463 e. The minimum Gasteiger partial charge on any atom is -0.463 e. The lowest BCUT2D eigenvalue weighted by Gasteiger charge is -2.01. The number of thioether (sulfide) groups is 1. The molecule has 0 aromatic rings. The van der Waals surface area contributed by atoms with Crippen LogP contribution in [-0.4, -0.2) is 18.3 Å². The predicted octanol–water partition coefficient (Wildman–Crippen LogP) is 2.05. The topological polar surface area (TPSA) is 26.3 Å². The molecule has 0 aromatic heterocycles. The van der Waals surface area contributed by atoms with Crippen molar-refractivity contribution in [1.29, 1.82) is 0 Å². The molecule has 0 N–H and O–H groups in total. The molecule has 0 bridgehead atoms.